The molecule has 0 heterocycles. The number of benzene rings is 1. The van der Waals surface area contributed by atoms with Gasteiger partial charge in [-0.05, 0) is 23.8 Å². The highest BCUT2D eigenvalue weighted by Crippen LogP contribution is 2.23. The van der Waals surface area contributed by atoms with Gasteiger partial charge in [-0.15, -0.1) is 0 Å². The van der Waals surface area contributed by atoms with Crippen molar-refractivity contribution in [2.45, 2.75) is 6.04 Å². The summed E-state index contributed by atoms with van der Waals surface area (Å²) in [6.07, 6.45) is 0. The highest BCUT2D eigenvalue weighted by Gasteiger charge is 2.10. The molecule has 5 heteroatoms. The maximum Gasteiger partial charge on any atom is 0.0626 e. The van der Waals surface area contributed by atoms with E-state index in [4.69, 9.17) is 27.9 Å². The van der Waals surface area contributed by atoms with Crippen LogP contribution in [0.2, 0.25) is 10.0 Å². The average molecular weight is 264 g/mol. The quantitative estimate of drug-likeness (QED) is 0.774. The summed E-state index contributed by atoms with van der Waals surface area (Å²) in [4.78, 5) is 0. The first-order valence-electron chi connectivity index (χ1n) is 4.96. The lowest BCUT2D eigenvalue weighted by molar-refractivity contribution is 0.184. The molecule has 0 radical (unpaired) electrons. The zero-order valence-corrected chi connectivity index (χ0v) is 10.6. The van der Waals surface area contributed by atoms with E-state index in [9.17, 15) is 5.11 Å². The first-order valence-corrected chi connectivity index (χ1v) is 5.72. The van der Waals surface area contributed by atoms with Crippen molar-refractivity contribution in [1.29, 1.82) is 0 Å². The van der Waals surface area contributed by atoms with Gasteiger partial charge in [-0.2, -0.15) is 0 Å². The number of aliphatic hydroxyl groups is 1. The maximum atomic E-state index is 9.27. The largest absolute Gasteiger partial charge is 0.394 e. The van der Waals surface area contributed by atoms with Crippen LogP contribution in [-0.4, -0.2) is 32.0 Å². The van der Waals surface area contributed by atoms with Crippen LogP contribution in [-0.2, 0) is 4.74 Å². The number of rotatable bonds is 6. The second-order valence-electron chi connectivity index (χ2n) is 3.38. The molecule has 16 heavy (non-hydrogen) atoms. The Hall–Kier alpha value is -0.320. The Morgan fingerprint density at radius 3 is 2.44 bits per heavy atom. The molecule has 90 valence electrons. The fourth-order valence-corrected chi connectivity index (χ4v) is 1.94. The Bertz CT molecular complexity index is 314. The second-order valence-corrected chi connectivity index (χ2v) is 4.26. The highest BCUT2D eigenvalue weighted by molar-refractivity contribution is 6.34. The first-order chi connectivity index (χ1) is 7.67. The van der Waals surface area contributed by atoms with Gasteiger partial charge in [0.15, 0.2) is 0 Å². The Kier molecular flexibility index (Phi) is 6.09. The predicted molar refractivity (Wildman–Crippen MR) is 66.2 cm³/mol. The van der Waals surface area contributed by atoms with E-state index in [1.54, 1.807) is 25.3 Å². The molecule has 1 aromatic rings. The lowest BCUT2D eigenvalue weighted by atomic mass is 10.1. The molecule has 1 atom stereocenters. The van der Waals surface area contributed by atoms with Crippen molar-refractivity contribution in [2.75, 3.05) is 26.9 Å². The third-order valence-electron chi connectivity index (χ3n) is 2.17. The van der Waals surface area contributed by atoms with Crippen molar-refractivity contribution in [2.24, 2.45) is 0 Å². The molecule has 0 fully saturated rings. The maximum absolute atomic E-state index is 9.27. The molecule has 0 bridgehead atoms. The van der Waals surface area contributed by atoms with Crippen LogP contribution in [0.4, 0.5) is 0 Å². The van der Waals surface area contributed by atoms with Crippen molar-refractivity contribution < 1.29 is 9.84 Å². The summed E-state index contributed by atoms with van der Waals surface area (Å²) in [5, 5.41) is 13.5. The monoisotopic (exact) mass is 263 g/mol. The summed E-state index contributed by atoms with van der Waals surface area (Å²) in [6, 6.07) is 5.06. The summed E-state index contributed by atoms with van der Waals surface area (Å²) in [7, 11) is 1.63. The minimum atomic E-state index is -0.175. The molecule has 0 saturated heterocycles. The van der Waals surface area contributed by atoms with Crippen molar-refractivity contribution in [3.63, 3.8) is 0 Å². The second kappa shape index (κ2) is 7.09. The first kappa shape index (κ1) is 13.7. The Balaban J connectivity index is 2.70. The minimum Gasteiger partial charge on any atom is -0.394 e. The van der Waals surface area contributed by atoms with E-state index in [1.807, 2.05) is 0 Å². The van der Waals surface area contributed by atoms with Gasteiger partial charge in [-0.1, -0.05) is 23.2 Å². The van der Waals surface area contributed by atoms with E-state index in [0.717, 1.165) is 5.56 Å². The summed E-state index contributed by atoms with van der Waals surface area (Å²) in [5.41, 5.74) is 0.871. The fraction of sp³-hybridized carbons (Fsp3) is 0.455. The number of methoxy groups -OCH3 is 1. The van der Waals surface area contributed by atoms with Gasteiger partial charge >= 0.3 is 0 Å². The molecule has 3 nitrogen and oxygen atoms in total. The lowest BCUT2D eigenvalue weighted by Crippen LogP contribution is -2.27. The molecule has 1 unspecified atom stereocenters. The topological polar surface area (TPSA) is 41.5 Å². The Labute approximate surface area is 105 Å². The number of hydrogen-bond acceptors (Lipinski definition) is 3. The van der Waals surface area contributed by atoms with Crippen LogP contribution < -0.4 is 5.32 Å². The lowest BCUT2D eigenvalue weighted by Gasteiger charge is -2.17. The van der Waals surface area contributed by atoms with Crippen LogP contribution in [0.25, 0.3) is 0 Å². The standard InChI is InChI=1S/C11H15Cl2NO2/c1-16-3-2-14-11(7-15)8-4-9(12)6-10(13)5-8/h4-6,11,14-15H,2-3,7H2,1H3. The summed E-state index contributed by atoms with van der Waals surface area (Å²) in [6.45, 7) is 1.23. The van der Waals surface area contributed by atoms with Crippen LogP contribution in [0.3, 0.4) is 0 Å². The van der Waals surface area contributed by atoms with Crippen molar-refractivity contribution in [3.8, 4) is 0 Å². The van der Waals surface area contributed by atoms with Gasteiger partial charge in [0.2, 0.25) is 0 Å². The van der Waals surface area contributed by atoms with E-state index in [-0.39, 0.29) is 12.6 Å². The normalized spacial score (nSPS) is 12.8. The molecular weight excluding hydrogens is 249 g/mol. The van der Waals surface area contributed by atoms with Crippen LogP contribution in [0.15, 0.2) is 18.2 Å². The number of hydrogen-bond donors (Lipinski definition) is 2. The third kappa shape index (κ3) is 4.28. The smallest absolute Gasteiger partial charge is 0.0626 e. The highest BCUT2D eigenvalue weighted by atomic mass is 35.5. The Morgan fingerprint density at radius 1 is 1.31 bits per heavy atom. The van der Waals surface area contributed by atoms with Gasteiger partial charge in [0.25, 0.3) is 0 Å². The van der Waals surface area contributed by atoms with Crippen molar-refractivity contribution in [1.82, 2.24) is 5.32 Å². The van der Waals surface area contributed by atoms with Gasteiger partial charge in [0.1, 0.15) is 0 Å². The number of aliphatic hydroxyl groups excluding tert-OH is 1. The molecule has 2 N–H and O–H groups in total. The Morgan fingerprint density at radius 2 is 1.94 bits per heavy atom. The molecule has 0 aliphatic rings. The van der Waals surface area contributed by atoms with Crippen LogP contribution in [0, 0.1) is 0 Å². The minimum absolute atomic E-state index is 0.0135. The number of nitrogens with one attached hydrogen (secondary N) is 1. The zero-order chi connectivity index (χ0) is 12.0. The van der Waals surface area contributed by atoms with E-state index < -0.39 is 0 Å². The van der Waals surface area contributed by atoms with Crippen molar-refractivity contribution in [3.05, 3.63) is 33.8 Å². The summed E-state index contributed by atoms with van der Waals surface area (Å²) < 4.78 is 4.92. The SMILES string of the molecule is COCCNC(CO)c1cc(Cl)cc(Cl)c1. The van der Waals surface area contributed by atoms with Crippen LogP contribution in [0.1, 0.15) is 11.6 Å². The molecular formula is C11H15Cl2NO2. The van der Waals surface area contributed by atoms with Gasteiger partial charge < -0.3 is 15.2 Å². The van der Waals surface area contributed by atoms with E-state index in [1.165, 1.54) is 0 Å². The molecule has 1 aromatic carbocycles. The van der Waals surface area contributed by atoms with Crippen LogP contribution >= 0.6 is 23.2 Å². The molecule has 0 saturated carbocycles. The van der Waals surface area contributed by atoms with E-state index >= 15 is 0 Å². The molecule has 0 spiro atoms. The van der Waals surface area contributed by atoms with E-state index in [2.05, 4.69) is 5.32 Å². The van der Waals surface area contributed by atoms with E-state index in [0.29, 0.717) is 23.2 Å². The van der Waals surface area contributed by atoms with Gasteiger partial charge in [-0.3, -0.25) is 0 Å². The summed E-state index contributed by atoms with van der Waals surface area (Å²) in [5.74, 6) is 0. The molecule has 1 rings (SSSR count). The van der Waals surface area contributed by atoms with Gasteiger partial charge in [-0.25, -0.2) is 0 Å². The van der Waals surface area contributed by atoms with Crippen LogP contribution in [0.5, 0.6) is 0 Å². The third-order valence-corrected chi connectivity index (χ3v) is 2.60. The number of ether oxygens (including phenoxy) is 1. The molecule has 0 aromatic heterocycles. The number of halogens is 2. The predicted octanol–water partition coefficient (Wildman–Crippen LogP) is 2.26. The fourth-order valence-electron chi connectivity index (χ4n) is 1.40. The van der Waals surface area contributed by atoms with Gasteiger partial charge in [0.05, 0.1) is 19.3 Å². The molecule has 0 amide bonds. The molecule has 0 aliphatic heterocycles. The average Bonchev–Trinajstić information content (AvgIpc) is 2.23. The summed E-state index contributed by atoms with van der Waals surface area (Å²) >= 11 is 11.8. The van der Waals surface area contributed by atoms with Gasteiger partial charge in [0, 0.05) is 23.7 Å². The zero-order valence-electron chi connectivity index (χ0n) is 9.04. The van der Waals surface area contributed by atoms with Crippen molar-refractivity contribution >= 4 is 23.2 Å². The molecule has 0 aliphatic carbocycles.